The molecule has 1 aliphatic heterocycles. The van der Waals surface area contributed by atoms with E-state index in [1.165, 1.54) is 11.1 Å². The average Bonchev–Trinajstić information content (AvgIpc) is 2.78. The summed E-state index contributed by atoms with van der Waals surface area (Å²) in [6.45, 7) is 3.16. The first-order valence-corrected chi connectivity index (χ1v) is 10.4. The lowest BCUT2D eigenvalue weighted by atomic mass is 9.74. The second-order valence-electron chi connectivity index (χ2n) is 7.35. The van der Waals surface area contributed by atoms with Crippen LogP contribution in [-0.2, 0) is 16.6 Å². The standard InChI is InChI=1S/C23H30ClN3O2.HI/c1-25-22(26-14-11-18-3-7-20(24)8-4-18)27-17-23(12-15-29-16-13-23)19-5-9-21(28-2)10-6-19;/h3-10H,11-17H2,1-2H3,(H2,25,26,27);1H. The van der Waals surface area contributed by atoms with Crippen LogP contribution in [0.15, 0.2) is 53.5 Å². The molecule has 0 bridgehead atoms. The number of ether oxygens (including phenoxy) is 2. The molecule has 0 aliphatic carbocycles. The van der Waals surface area contributed by atoms with Crippen molar-refractivity contribution in [3.63, 3.8) is 0 Å². The monoisotopic (exact) mass is 543 g/mol. The second-order valence-corrected chi connectivity index (χ2v) is 7.79. The van der Waals surface area contributed by atoms with Gasteiger partial charge in [0.2, 0.25) is 0 Å². The first-order valence-electron chi connectivity index (χ1n) is 10.1. The molecule has 7 heteroatoms. The maximum Gasteiger partial charge on any atom is 0.191 e. The summed E-state index contributed by atoms with van der Waals surface area (Å²) in [5.41, 5.74) is 2.58. The van der Waals surface area contributed by atoms with Gasteiger partial charge in [-0.05, 0) is 54.7 Å². The van der Waals surface area contributed by atoms with Gasteiger partial charge in [-0.2, -0.15) is 0 Å². The number of benzene rings is 2. The lowest BCUT2D eigenvalue weighted by molar-refractivity contribution is 0.0513. The van der Waals surface area contributed by atoms with Crippen LogP contribution in [0.1, 0.15) is 24.0 Å². The number of rotatable bonds is 7. The van der Waals surface area contributed by atoms with Crippen molar-refractivity contribution in [3.8, 4) is 5.75 Å². The first kappa shape index (κ1) is 24.8. The highest BCUT2D eigenvalue weighted by Crippen LogP contribution is 2.35. The fourth-order valence-electron chi connectivity index (χ4n) is 3.72. The third-order valence-corrected chi connectivity index (χ3v) is 5.84. The fraction of sp³-hybridized carbons (Fsp3) is 0.435. The summed E-state index contributed by atoms with van der Waals surface area (Å²) in [5.74, 6) is 1.70. The molecule has 1 heterocycles. The summed E-state index contributed by atoms with van der Waals surface area (Å²) < 4.78 is 11.0. The number of aliphatic imine (C=N–C) groups is 1. The zero-order chi connectivity index (χ0) is 20.5. The molecule has 3 rings (SSSR count). The maximum atomic E-state index is 5.95. The average molecular weight is 544 g/mol. The molecule has 2 aromatic rings. The molecule has 0 aromatic heterocycles. The van der Waals surface area contributed by atoms with E-state index in [9.17, 15) is 0 Å². The van der Waals surface area contributed by atoms with E-state index in [0.717, 1.165) is 62.3 Å². The van der Waals surface area contributed by atoms with Crippen LogP contribution in [0.2, 0.25) is 5.02 Å². The van der Waals surface area contributed by atoms with Crippen LogP contribution in [0.5, 0.6) is 5.75 Å². The van der Waals surface area contributed by atoms with E-state index in [1.807, 2.05) is 31.3 Å². The van der Waals surface area contributed by atoms with E-state index in [1.54, 1.807) is 7.11 Å². The Labute approximate surface area is 201 Å². The Hall–Kier alpha value is -1.51. The van der Waals surface area contributed by atoms with E-state index in [4.69, 9.17) is 21.1 Å². The molecular weight excluding hydrogens is 513 g/mol. The van der Waals surface area contributed by atoms with Crippen LogP contribution in [-0.4, -0.2) is 46.4 Å². The highest BCUT2D eigenvalue weighted by molar-refractivity contribution is 14.0. The Balaban J connectivity index is 0.00000320. The summed E-state index contributed by atoms with van der Waals surface area (Å²) in [4.78, 5) is 4.39. The summed E-state index contributed by atoms with van der Waals surface area (Å²) in [7, 11) is 3.50. The number of hydrogen-bond acceptors (Lipinski definition) is 3. The minimum atomic E-state index is 0. The number of methoxy groups -OCH3 is 1. The molecule has 1 aliphatic rings. The molecule has 2 aromatic carbocycles. The molecule has 0 unspecified atom stereocenters. The van der Waals surface area contributed by atoms with Gasteiger partial charge >= 0.3 is 0 Å². The van der Waals surface area contributed by atoms with E-state index in [-0.39, 0.29) is 29.4 Å². The van der Waals surface area contributed by atoms with E-state index >= 15 is 0 Å². The van der Waals surface area contributed by atoms with Crippen molar-refractivity contribution in [2.24, 2.45) is 4.99 Å². The molecule has 5 nitrogen and oxygen atoms in total. The molecule has 0 saturated carbocycles. The van der Waals surface area contributed by atoms with Gasteiger partial charge in [0.15, 0.2) is 5.96 Å². The van der Waals surface area contributed by atoms with Crippen LogP contribution < -0.4 is 15.4 Å². The van der Waals surface area contributed by atoms with Crippen LogP contribution in [0.3, 0.4) is 0 Å². The molecule has 0 amide bonds. The third-order valence-electron chi connectivity index (χ3n) is 5.59. The van der Waals surface area contributed by atoms with Gasteiger partial charge in [-0.3, -0.25) is 4.99 Å². The van der Waals surface area contributed by atoms with Crippen molar-refractivity contribution in [1.82, 2.24) is 10.6 Å². The first-order chi connectivity index (χ1) is 14.1. The minimum absolute atomic E-state index is 0. The summed E-state index contributed by atoms with van der Waals surface area (Å²) in [6, 6.07) is 16.4. The van der Waals surface area contributed by atoms with Gasteiger partial charge in [-0.15, -0.1) is 24.0 Å². The van der Waals surface area contributed by atoms with Crippen molar-refractivity contribution >= 4 is 41.5 Å². The number of nitrogens with one attached hydrogen (secondary N) is 2. The van der Waals surface area contributed by atoms with Crippen LogP contribution >= 0.6 is 35.6 Å². The van der Waals surface area contributed by atoms with Crippen molar-refractivity contribution in [3.05, 3.63) is 64.7 Å². The Bertz CT molecular complexity index is 791. The van der Waals surface area contributed by atoms with Crippen LogP contribution in [0.25, 0.3) is 0 Å². The van der Waals surface area contributed by atoms with Crippen molar-refractivity contribution < 1.29 is 9.47 Å². The van der Waals surface area contributed by atoms with Crippen molar-refractivity contribution in [1.29, 1.82) is 0 Å². The predicted octanol–water partition coefficient (Wildman–Crippen LogP) is 4.42. The van der Waals surface area contributed by atoms with Crippen LogP contribution in [0.4, 0.5) is 0 Å². The molecule has 0 spiro atoms. The second kappa shape index (κ2) is 12.4. The Morgan fingerprint density at radius 3 is 2.33 bits per heavy atom. The van der Waals surface area contributed by atoms with Crippen LogP contribution in [0, 0.1) is 0 Å². The quantitative estimate of drug-likeness (QED) is 0.308. The fourth-order valence-corrected chi connectivity index (χ4v) is 3.85. The topological polar surface area (TPSA) is 54.9 Å². The van der Waals surface area contributed by atoms with Gasteiger partial charge in [-0.1, -0.05) is 35.9 Å². The van der Waals surface area contributed by atoms with Gasteiger partial charge in [0, 0.05) is 43.8 Å². The smallest absolute Gasteiger partial charge is 0.191 e. The van der Waals surface area contributed by atoms with E-state index in [2.05, 4.69) is 39.9 Å². The van der Waals surface area contributed by atoms with E-state index < -0.39 is 0 Å². The lowest BCUT2D eigenvalue weighted by Crippen LogP contribution is -2.48. The highest BCUT2D eigenvalue weighted by Gasteiger charge is 2.34. The summed E-state index contributed by atoms with van der Waals surface area (Å²) in [5, 5.41) is 7.71. The van der Waals surface area contributed by atoms with Gasteiger partial charge in [0.25, 0.3) is 0 Å². The zero-order valence-electron chi connectivity index (χ0n) is 17.6. The lowest BCUT2D eigenvalue weighted by Gasteiger charge is -2.38. The zero-order valence-corrected chi connectivity index (χ0v) is 20.7. The highest BCUT2D eigenvalue weighted by atomic mass is 127. The molecule has 1 saturated heterocycles. The Morgan fingerprint density at radius 1 is 1.07 bits per heavy atom. The molecule has 0 atom stereocenters. The minimum Gasteiger partial charge on any atom is -0.497 e. The van der Waals surface area contributed by atoms with E-state index in [0.29, 0.717) is 0 Å². The Morgan fingerprint density at radius 2 is 1.73 bits per heavy atom. The largest absolute Gasteiger partial charge is 0.497 e. The van der Waals surface area contributed by atoms with Crippen molar-refractivity contribution in [2.45, 2.75) is 24.7 Å². The molecule has 164 valence electrons. The van der Waals surface area contributed by atoms with Gasteiger partial charge in [0.1, 0.15) is 5.75 Å². The maximum absolute atomic E-state index is 5.95. The molecule has 0 radical (unpaired) electrons. The number of halogens is 2. The third kappa shape index (κ3) is 6.75. The normalized spacial score (nSPS) is 15.8. The molecule has 1 fully saturated rings. The number of nitrogens with zero attached hydrogens (tertiary/aromatic N) is 1. The Kier molecular flexibility index (Phi) is 10.2. The van der Waals surface area contributed by atoms with Gasteiger partial charge < -0.3 is 20.1 Å². The summed E-state index contributed by atoms with van der Waals surface area (Å²) in [6.07, 6.45) is 2.87. The molecule has 30 heavy (non-hydrogen) atoms. The van der Waals surface area contributed by atoms with Gasteiger partial charge in [0.05, 0.1) is 7.11 Å². The van der Waals surface area contributed by atoms with Crippen molar-refractivity contribution in [2.75, 3.05) is 40.5 Å². The molecular formula is C23H31ClIN3O2. The number of guanidine groups is 1. The predicted molar refractivity (Wildman–Crippen MR) is 135 cm³/mol. The number of hydrogen-bond donors (Lipinski definition) is 2. The summed E-state index contributed by atoms with van der Waals surface area (Å²) >= 11 is 5.95. The van der Waals surface area contributed by atoms with Gasteiger partial charge in [-0.25, -0.2) is 0 Å². The molecule has 2 N–H and O–H groups in total. The SMILES string of the molecule is CN=C(NCCc1ccc(Cl)cc1)NCC1(c2ccc(OC)cc2)CCOCC1.I.